The molecule has 0 aliphatic carbocycles. The highest BCUT2D eigenvalue weighted by Gasteiger charge is 2.17. The fraction of sp³-hybridized carbons (Fsp3) is 1.00. The van der Waals surface area contributed by atoms with Crippen LogP contribution in [-0.2, 0) is 0 Å². The Morgan fingerprint density at radius 3 is 2.40 bits per heavy atom. The molecule has 2 heteroatoms. The Morgan fingerprint density at radius 2 is 2.00 bits per heavy atom. The zero-order chi connectivity index (χ0) is 8.04. The van der Waals surface area contributed by atoms with Crippen molar-refractivity contribution in [2.24, 2.45) is 0 Å². The van der Waals surface area contributed by atoms with Crippen molar-refractivity contribution in [1.82, 2.24) is 0 Å². The van der Waals surface area contributed by atoms with Gasteiger partial charge < -0.3 is 5.11 Å². The van der Waals surface area contributed by atoms with Crippen molar-refractivity contribution in [3.63, 3.8) is 0 Å². The minimum Gasteiger partial charge on any atom is -0.390 e. The molecule has 0 aromatic heterocycles. The lowest BCUT2D eigenvalue weighted by Crippen LogP contribution is -2.24. The Kier molecular flexibility index (Phi) is 5.72. The van der Waals surface area contributed by atoms with Crippen LogP contribution in [0.4, 0.5) is 0 Å². The molecule has 1 nitrogen and oxygen atoms in total. The normalized spacial score (nSPS) is 16.8. The van der Waals surface area contributed by atoms with Crippen molar-refractivity contribution in [2.75, 3.05) is 4.43 Å². The van der Waals surface area contributed by atoms with E-state index in [1.165, 1.54) is 6.42 Å². The van der Waals surface area contributed by atoms with Gasteiger partial charge in [-0.25, -0.2) is 0 Å². The van der Waals surface area contributed by atoms with Crippen molar-refractivity contribution in [3.8, 4) is 0 Å². The minimum absolute atomic E-state index is 0.406. The quantitative estimate of drug-likeness (QED) is 0.592. The van der Waals surface area contributed by atoms with E-state index in [1.807, 2.05) is 6.92 Å². The predicted octanol–water partition coefficient (Wildman–Crippen LogP) is 2.75. The molecule has 0 aromatic carbocycles. The molecule has 1 unspecified atom stereocenters. The van der Waals surface area contributed by atoms with E-state index in [0.717, 1.165) is 23.7 Å². The number of rotatable bonds is 5. The molecule has 0 heterocycles. The Morgan fingerprint density at radius 1 is 1.40 bits per heavy atom. The maximum Gasteiger partial charge on any atom is 0.0627 e. The molecule has 0 amide bonds. The second-order valence-electron chi connectivity index (χ2n) is 3.04. The number of hydrogen-bond acceptors (Lipinski definition) is 1. The average Bonchev–Trinajstić information content (AvgIpc) is 1.84. The van der Waals surface area contributed by atoms with Gasteiger partial charge in [0.05, 0.1) is 5.60 Å². The summed E-state index contributed by atoms with van der Waals surface area (Å²) in [5, 5.41) is 9.64. The number of aliphatic hydroxyl groups is 1. The van der Waals surface area contributed by atoms with Crippen LogP contribution in [0.3, 0.4) is 0 Å². The Bertz CT molecular complexity index is 81.3. The van der Waals surface area contributed by atoms with Crippen molar-refractivity contribution in [3.05, 3.63) is 0 Å². The van der Waals surface area contributed by atoms with E-state index in [4.69, 9.17) is 0 Å². The molecule has 62 valence electrons. The van der Waals surface area contributed by atoms with Crippen LogP contribution in [0.2, 0.25) is 0 Å². The summed E-state index contributed by atoms with van der Waals surface area (Å²) in [5.41, 5.74) is -0.406. The van der Waals surface area contributed by atoms with E-state index >= 15 is 0 Å². The fourth-order valence-corrected chi connectivity index (χ4v) is 2.05. The van der Waals surface area contributed by atoms with Crippen LogP contribution in [0.15, 0.2) is 0 Å². The summed E-state index contributed by atoms with van der Waals surface area (Å²) in [5.74, 6) is 0. The summed E-state index contributed by atoms with van der Waals surface area (Å²) < 4.78 is 1.05. The van der Waals surface area contributed by atoms with Crippen LogP contribution >= 0.6 is 22.6 Å². The second-order valence-corrected chi connectivity index (χ2v) is 4.12. The van der Waals surface area contributed by atoms with Crippen LogP contribution in [0.1, 0.15) is 39.5 Å². The average molecular weight is 256 g/mol. The van der Waals surface area contributed by atoms with E-state index in [-0.39, 0.29) is 0 Å². The van der Waals surface area contributed by atoms with Crippen molar-refractivity contribution < 1.29 is 5.11 Å². The first-order valence-electron chi connectivity index (χ1n) is 3.91. The van der Waals surface area contributed by atoms with Crippen LogP contribution < -0.4 is 0 Å². The molecular formula is C8H17IO. The molecule has 0 radical (unpaired) electrons. The topological polar surface area (TPSA) is 20.2 Å². The van der Waals surface area contributed by atoms with Gasteiger partial charge in [-0.1, -0.05) is 42.4 Å². The third-order valence-corrected chi connectivity index (χ3v) is 2.24. The monoisotopic (exact) mass is 256 g/mol. The molecule has 0 saturated carbocycles. The van der Waals surface area contributed by atoms with E-state index in [0.29, 0.717) is 0 Å². The van der Waals surface area contributed by atoms with Gasteiger partial charge in [-0.3, -0.25) is 0 Å². The molecule has 0 aliphatic rings. The van der Waals surface area contributed by atoms with Gasteiger partial charge in [-0.05, 0) is 19.8 Å². The molecule has 1 atom stereocenters. The van der Waals surface area contributed by atoms with E-state index in [2.05, 4.69) is 29.5 Å². The van der Waals surface area contributed by atoms with Gasteiger partial charge in [0, 0.05) is 4.43 Å². The molecule has 0 fully saturated rings. The molecule has 0 bridgehead atoms. The van der Waals surface area contributed by atoms with Crippen LogP contribution in [-0.4, -0.2) is 15.1 Å². The van der Waals surface area contributed by atoms with E-state index in [1.54, 1.807) is 0 Å². The molecule has 0 aliphatic heterocycles. The maximum atomic E-state index is 9.64. The lowest BCUT2D eigenvalue weighted by atomic mass is 9.97. The lowest BCUT2D eigenvalue weighted by Gasteiger charge is -2.21. The number of alkyl halides is 1. The first-order valence-corrected chi connectivity index (χ1v) is 5.43. The molecular weight excluding hydrogens is 239 g/mol. The second kappa shape index (κ2) is 5.35. The molecule has 10 heavy (non-hydrogen) atoms. The highest BCUT2D eigenvalue weighted by atomic mass is 127. The summed E-state index contributed by atoms with van der Waals surface area (Å²) in [6, 6.07) is 0. The Hall–Kier alpha value is 0.690. The summed E-state index contributed by atoms with van der Waals surface area (Å²) >= 11 is 2.30. The minimum atomic E-state index is -0.406. The SMILES string of the molecule is CCCCC(C)(O)CCI. The number of hydrogen-bond donors (Lipinski definition) is 1. The Labute approximate surface area is 77.3 Å². The lowest BCUT2D eigenvalue weighted by molar-refractivity contribution is 0.0466. The van der Waals surface area contributed by atoms with Gasteiger partial charge in [0.25, 0.3) is 0 Å². The van der Waals surface area contributed by atoms with Gasteiger partial charge in [0.1, 0.15) is 0 Å². The molecule has 0 saturated heterocycles. The first kappa shape index (κ1) is 10.7. The van der Waals surface area contributed by atoms with Crippen LogP contribution in [0, 0.1) is 0 Å². The first-order chi connectivity index (χ1) is 4.62. The third kappa shape index (κ3) is 5.47. The highest BCUT2D eigenvalue weighted by Crippen LogP contribution is 2.18. The van der Waals surface area contributed by atoms with Crippen LogP contribution in [0.5, 0.6) is 0 Å². The molecule has 0 rings (SSSR count). The Balaban J connectivity index is 3.42. The smallest absolute Gasteiger partial charge is 0.0627 e. The predicted molar refractivity (Wildman–Crippen MR) is 53.7 cm³/mol. The number of halogens is 1. The zero-order valence-electron chi connectivity index (χ0n) is 6.86. The van der Waals surface area contributed by atoms with Gasteiger partial charge in [-0.2, -0.15) is 0 Å². The van der Waals surface area contributed by atoms with Gasteiger partial charge >= 0.3 is 0 Å². The van der Waals surface area contributed by atoms with E-state index < -0.39 is 5.60 Å². The highest BCUT2D eigenvalue weighted by molar-refractivity contribution is 14.1. The van der Waals surface area contributed by atoms with Gasteiger partial charge in [0.15, 0.2) is 0 Å². The maximum absolute atomic E-state index is 9.64. The van der Waals surface area contributed by atoms with Crippen molar-refractivity contribution in [1.29, 1.82) is 0 Å². The molecule has 0 aromatic rings. The van der Waals surface area contributed by atoms with Gasteiger partial charge in [-0.15, -0.1) is 0 Å². The zero-order valence-corrected chi connectivity index (χ0v) is 9.02. The summed E-state index contributed by atoms with van der Waals surface area (Å²) in [6.45, 7) is 4.08. The largest absolute Gasteiger partial charge is 0.390 e. The fourth-order valence-electron chi connectivity index (χ4n) is 0.886. The summed E-state index contributed by atoms with van der Waals surface area (Å²) in [4.78, 5) is 0. The van der Waals surface area contributed by atoms with Crippen LogP contribution in [0.25, 0.3) is 0 Å². The molecule has 1 N–H and O–H groups in total. The summed E-state index contributed by atoms with van der Waals surface area (Å²) in [6.07, 6.45) is 4.20. The van der Waals surface area contributed by atoms with Gasteiger partial charge in [0.2, 0.25) is 0 Å². The molecule has 0 spiro atoms. The van der Waals surface area contributed by atoms with Crippen molar-refractivity contribution in [2.45, 2.75) is 45.1 Å². The van der Waals surface area contributed by atoms with E-state index in [9.17, 15) is 5.11 Å². The van der Waals surface area contributed by atoms with Crippen molar-refractivity contribution >= 4 is 22.6 Å². The summed E-state index contributed by atoms with van der Waals surface area (Å²) in [7, 11) is 0. The standard InChI is InChI=1S/C8H17IO/c1-3-4-5-8(2,10)6-7-9/h10H,3-7H2,1-2H3. The third-order valence-electron chi connectivity index (χ3n) is 1.70. The number of unbranched alkanes of at least 4 members (excludes halogenated alkanes) is 1.